The molecule has 28 heavy (non-hydrogen) atoms. The summed E-state index contributed by atoms with van der Waals surface area (Å²) in [5.41, 5.74) is 4.14. The summed E-state index contributed by atoms with van der Waals surface area (Å²) in [6.45, 7) is 5.71. The maximum atomic E-state index is 15.0. The topological polar surface area (TPSA) is 18.5 Å². The Morgan fingerprint density at radius 2 is 1.54 bits per heavy atom. The number of benzene rings is 2. The van der Waals surface area contributed by atoms with Gasteiger partial charge in [-0.1, -0.05) is 58.1 Å². The van der Waals surface area contributed by atoms with Crippen molar-refractivity contribution < 1.29 is 13.9 Å². The Kier molecular flexibility index (Phi) is 7.76. The third kappa shape index (κ3) is 5.06. The van der Waals surface area contributed by atoms with Crippen LogP contribution in [-0.2, 0) is 12.8 Å². The van der Waals surface area contributed by atoms with Crippen LogP contribution in [-0.4, -0.2) is 13.2 Å². The Hall–Kier alpha value is -2.03. The van der Waals surface area contributed by atoms with Crippen molar-refractivity contribution in [2.75, 3.05) is 13.2 Å². The molecule has 2 aromatic carbocycles. The van der Waals surface area contributed by atoms with Gasteiger partial charge in [0.1, 0.15) is 5.75 Å². The van der Waals surface area contributed by atoms with Gasteiger partial charge in [-0.3, -0.25) is 0 Å². The molecule has 0 unspecified atom stereocenters. The van der Waals surface area contributed by atoms with E-state index in [0.29, 0.717) is 18.8 Å². The monoisotopic (exact) mass is 384 g/mol. The Bertz CT molecular complexity index is 769. The highest BCUT2D eigenvalue weighted by molar-refractivity contribution is 5.75. The summed E-state index contributed by atoms with van der Waals surface area (Å²) in [7, 11) is 0. The molecule has 0 N–H and O–H groups in total. The molecule has 3 heteroatoms. The van der Waals surface area contributed by atoms with Crippen LogP contribution in [0.25, 0.3) is 11.1 Å². The second-order valence-corrected chi connectivity index (χ2v) is 7.69. The van der Waals surface area contributed by atoms with Crippen LogP contribution in [0.15, 0.2) is 30.3 Å². The molecular formula is C25H33FO2. The van der Waals surface area contributed by atoms with Gasteiger partial charge in [-0.25, -0.2) is 4.39 Å². The lowest BCUT2D eigenvalue weighted by Crippen LogP contribution is -2.09. The van der Waals surface area contributed by atoms with Crippen LogP contribution in [0.2, 0.25) is 0 Å². The van der Waals surface area contributed by atoms with Crippen molar-refractivity contribution in [2.24, 2.45) is 0 Å². The minimum Gasteiger partial charge on any atom is -0.494 e. The maximum absolute atomic E-state index is 15.0. The highest BCUT2D eigenvalue weighted by Gasteiger charge is 2.22. The average Bonchev–Trinajstić information content (AvgIpc) is 2.72. The fourth-order valence-corrected chi connectivity index (χ4v) is 3.82. The molecule has 0 radical (unpaired) electrons. The summed E-state index contributed by atoms with van der Waals surface area (Å²) in [6.07, 6.45) is 9.59. The van der Waals surface area contributed by atoms with Crippen LogP contribution >= 0.6 is 0 Å². The van der Waals surface area contributed by atoms with Gasteiger partial charge in [0.25, 0.3) is 0 Å². The molecule has 0 spiro atoms. The minimum absolute atomic E-state index is 0.181. The van der Waals surface area contributed by atoms with E-state index >= 15 is 4.39 Å². The Labute approximate surface area is 169 Å². The molecule has 0 aliphatic heterocycles. The van der Waals surface area contributed by atoms with E-state index in [0.717, 1.165) is 61.2 Å². The van der Waals surface area contributed by atoms with Gasteiger partial charge in [-0.15, -0.1) is 0 Å². The lowest BCUT2D eigenvalue weighted by molar-refractivity contribution is 0.289. The molecule has 1 aliphatic rings. The number of ether oxygens (including phenoxy) is 2. The summed E-state index contributed by atoms with van der Waals surface area (Å²) in [6, 6.07) is 10.00. The molecule has 0 atom stereocenters. The first kappa shape index (κ1) is 20.7. The molecule has 0 heterocycles. The summed E-state index contributed by atoms with van der Waals surface area (Å²) in [5, 5.41) is 0. The zero-order valence-electron chi connectivity index (χ0n) is 17.4. The number of halogens is 1. The van der Waals surface area contributed by atoms with E-state index < -0.39 is 0 Å². The second-order valence-electron chi connectivity index (χ2n) is 7.69. The van der Waals surface area contributed by atoms with Gasteiger partial charge in [-0.2, -0.15) is 0 Å². The molecule has 152 valence electrons. The molecule has 3 rings (SSSR count). The number of fused-ring (bicyclic) bond motifs is 3. The van der Waals surface area contributed by atoms with Crippen LogP contribution in [0.4, 0.5) is 4.39 Å². The zero-order valence-corrected chi connectivity index (χ0v) is 17.4. The van der Waals surface area contributed by atoms with Crippen molar-refractivity contribution in [2.45, 2.75) is 71.6 Å². The van der Waals surface area contributed by atoms with Crippen LogP contribution < -0.4 is 9.47 Å². The van der Waals surface area contributed by atoms with Gasteiger partial charge >= 0.3 is 0 Å². The number of aryl methyl sites for hydroxylation is 1. The molecule has 0 saturated carbocycles. The first-order chi connectivity index (χ1) is 13.7. The van der Waals surface area contributed by atoms with Gasteiger partial charge in [0.05, 0.1) is 13.2 Å². The molecule has 0 fully saturated rings. The molecule has 1 aliphatic carbocycles. The van der Waals surface area contributed by atoms with Crippen molar-refractivity contribution in [1.29, 1.82) is 0 Å². The van der Waals surface area contributed by atoms with Crippen molar-refractivity contribution in [3.05, 3.63) is 47.3 Å². The largest absolute Gasteiger partial charge is 0.494 e. The highest BCUT2D eigenvalue weighted by Crippen LogP contribution is 2.39. The lowest BCUT2D eigenvalue weighted by atomic mass is 9.85. The summed E-state index contributed by atoms with van der Waals surface area (Å²) >= 11 is 0. The third-order valence-electron chi connectivity index (χ3n) is 5.49. The number of rotatable bonds is 11. The third-order valence-corrected chi connectivity index (χ3v) is 5.49. The predicted octanol–water partition coefficient (Wildman–Crippen LogP) is 7.12. The molecule has 0 saturated heterocycles. The second kappa shape index (κ2) is 10.5. The normalized spacial score (nSPS) is 12.4. The molecule has 2 aromatic rings. The highest BCUT2D eigenvalue weighted by atomic mass is 19.1. The minimum atomic E-state index is -0.181. The van der Waals surface area contributed by atoms with Crippen molar-refractivity contribution in [3.8, 4) is 22.6 Å². The maximum Gasteiger partial charge on any atom is 0.168 e. The van der Waals surface area contributed by atoms with Crippen molar-refractivity contribution in [3.63, 3.8) is 0 Å². The van der Waals surface area contributed by atoms with Crippen LogP contribution in [0.5, 0.6) is 11.5 Å². The van der Waals surface area contributed by atoms with Gasteiger partial charge in [0.2, 0.25) is 0 Å². The summed E-state index contributed by atoms with van der Waals surface area (Å²) < 4.78 is 26.6. The standard InChI is InChI=1S/C25H33FO2/c1-3-5-7-8-9-17-28-24-15-14-22-21-13-11-20(27-16-6-4-2)18-19(21)10-12-23(22)25(24)26/h11,13-15,18H,3-10,12,16-17H2,1-2H3. The van der Waals surface area contributed by atoms with E-state index in [9.17, 15) is 0 Å². The fourth-order valence-electron chi connectivity index (χ4n) is 3.82. The zero-order chi connectivity index (χ0) is 19.8. The van der Waals surface area contributed by atoms with E-state index in [1.165, 1.54) is 24.8 Å². The lowest BCUT2D eigenvalue weighted by Gasteiger charge is -2.22. The van der Waals surface area contributed by atoms with Gasteiger partial charge in [-0.05, 0) is 66.1 Å². The van der Waals surface area contributed by atoms with Gasteiger partial charge in [0, 0.05) is 0 Å². The number of unbranched alkanes of at least 4 members (excludes halogenated alkanes) is 5. The van der Waals surface area contributed by atoms with E-state index in [2.05, 4.69) is 26.0 Å². The summed E-state index contributed by atoms with van der Waals surface area (Å²) in [5.74, 6) is 1.14. The van der Waals surface area contributed by atoms with E-state index in [-0.39, 0.29) is 5.82 Å². The van der Waals surface area contributed by atoms with Gasteiger partial charge < -0.3 is 9.47 Å². The van der Waals surface area contributed by atoms with Crippen LogP contribution in [0.1, 0.15) is 69.9 Å². The molecule has 0 bridgehead atoms. The smallest absolute Gasteiger partial charge is 0.168 e. The Morgan fingerprint density at radius 3 is 2.36 bits per heavy atom. The van der Waals surface area contributed by atoms with E-state index in [4.69, 9.17) is 9.47 Å². The first-order valence-electron chi connectivity index (χ1n) is 10.9. The van der Waals surface area contributed by atoms with Crippen molar-refractivity contribution in [1.82, 2.24) is 0 Å². The predicted molar refractivity (Wildman–Crippen MR) is 114 cm³/mol. The number of hydrogen-bond acceptors (Lipinski definition) is 2. The average molecular weight is 385 g/mol. The van der Waals surface area contributed by atoms with Gasteiger partial charge in [0.15, 0.2) is 11.6 Å². The number of hydrogen-bond donors (Lipinski definition) is 0. The molecular weight excluding hydrogens is 351 g/mol. The Morgan fingerprint density at radius 1 is 0.786 bits per heavy atom. The SMILES string of the molecule is CCCCCCCOc1ccc2c(c1F)CCc1cc(OCCCC)ccc1-2. The quantitative estimate of drug-likeness (QED) is 0.384. The van der Waals surface area contributed by atoms with Crippen molar-refractivity contribution >= 4 is 0 Å². The van der Waals surface area contributed by atoms with Crippen LogP contribution in [0.3, 0.4) is 0 Å². The van der Waals surface area contributed by atoms with E-state index in [1.54, 1.807) is 6.07 Å². The molecule has 0 amide bonds. The first-order valence-corrected chi connectivity index (χ1v) is 10.9. The molecule has 2 nitrogen and oxygen atoms in total. The van der Waals surface area contributed by atoms with E-state index in [1.807, 2.05) is 12.1 Å². The van der Waals surface area contributed by atoms with Crippen LogP contribution in [0, 0.1) is 5.82 Å². The fraction of sp³-hybridized carbons (Fsp3) is 0.520. The molecule has 0 aromatic heterocycles. The summed E-state index contributed by atoms with van der Waals surface area (Å²) in [4.78, 5) is 0. The Balaban J connectivity index is 1.67.